The van der Waals surface area contributed by atoms with Gasteiger partial charge in [0, 0.05) is 12.7 Å². The van der Waals surface area contributed by atoms with E-state index in [0.717, 1.165) is 0 Å². The number of alkyl halides is 1. The Balaban J connectivity index is 2.24. The predicted octanol–water partition coefficient (Wildman–Crippen LogP) is 1.91. The van der Waals surface area contributed by atoms with E-state index in [2.05, 4.69) is 4.98 Å². The molecule has 0 aliphatic carbocycles. The summed E-state index contributed by atoms with van der Waals surface area (Å²) in [6.07, 6.45) is -0.780. The van der Waals surface area contributed by atoms with E-state index in [1.165, 1.54) is 6.20 Å². The molecule has 6 heteroatoms. The monoisotopic (exact) mass is 250 g/mol. The van der Waals surface area contributed by atoms with Gasteiger partial charge in [0.15, 0.2) is 0 Å². The van der Waals surface area contributed by atoms with Gasteiger partial charge in [0.2, 0.25) is 0 Å². The summed E-state index contributed by atoms with van der Waals surface area (Å²) >= 11 is 11.6. The summed E-state index contributed by atoms with van der Waals surface area (Å²) in [4.78, 5) is 5.62. The zero-order valence-electron chi connectivity index (χ0n) is 7.70. The van der Waals surface area contributed by atoms with Gasteiger partial charge in [-0.3, -0.25) is 0 Å². The number of pyridine rings is 1. The van der Waals surface area contributed by atoms with Crippen LogP contribution in [-0.4, -0.2) is 35.5 Å². The zero-order chi connectivity index (χ0) is 11.0. The quantitative estimate of drug-likeness (QED) is 0.828. The maximum absolute atomic E-state index is 13.1. The molecule has 1 aromatic heterocycles. The first-order chi connectivity index (χ1) is 7.08. The van der Waals surface area contributed by atoms with Gasteiger partial charge in [-0.05, 0) is 6.07 Å². The molecule has 2 rings (SSSR count). The van der Waals surface area contributed by atoms with Crippen LogP contribution < -0.4 is 4.90 Å². The van der Waals surface area contributed by atoms with Gasteiger partial charge in [-0.1, -0.05) is 23.2 Å². The van der Waals surface area contributed by atoms with Gasteiger partial charge in [0.05, 0.1) is 16.6 Å². The highest BCUT2D eigenvalue weighted by molar-refractivity contribution is 6.36. The molecule has 0 saturated carbocycles. The third-order valence-corrected chi connectivity index (χ3v) is 2.79. The van der Waals surface area contributed by atoms with Crippen LogP contribution in [0.15, 0.2) is 12.3 Å². The van der Waals surface area contributed by atoms with Crippen LogP contribution in [0.25, 0.3) is 0 Å². The van der Waals surface area contributed by atoms with E-state index in [1.54, 1.807) is 11.0 Å². The highest BCUT2D eigenvalue weighted by Gasteiger charge is 2.32. The van der Waals surface area contributed by atoms with E-state index in [1.807, 2.05) is 0 Å². The van der Waals surface area contributed by atoms with E-state index in [0.29, 0.717) is 15.9 Å². The molecule has 1 saturated heterocycles. The molecule has 0 aromatic carbocycles. The first kappa shape index (κ1) is 10.9. The van der Waals surface area contributed by atoms with Crippen molar-refractivity contribution in [2.45, 2.75) is 12.3 Å². The van der Waals surface area contributed by atoms with Crippen LogP contribution in [0.2, 0.25) is 10.0 Å². The molecule has 15 heavy (non-hydrogen) atoms. The van der Waals surface area contributed by atoms with Crippen molar-refractivity contribution < 1.29 is 9.50 Å². The molecule has 82 valence electrons. The Hall–Kier alpha value is -0.580. The Morgan fingerprint density at radius 1 is 1.47 bits per heavy atom. The lowest BCUT2D eigenvalue weighted by atomic mass is 10.3. The molecule has 0 spiro atoms. The maximum Gasteiger partial charge on any atom is 0.147 e. The third kappa shape index (κ3) is 2.17. The van der Waals surface area contributed by atoms with Gasteiger partial charge >= 0.3 is 0 Å². The van der Waals surface area contributed by atoms with Crippen LogP contribution in [-0.2, 0) is 0 Å². The molecule has 0 bridgehead atoms. The third-order valence-electron chi connectivity index (χ3n) is 2.31. The molecular weight excluding hydrogens is 242 g/mol. The molecule has 3 nitrogen and oxygen atoms in total. The van der Waals surface area contributed by atoms with Crippen molar-refractivity contribution in [3.05, 3.63) is 22.3 Å². The van der Waals surface area contributed by atoms with Gasteiger partial charge in [-0.25, -0.2) is 9.37 Å². The second kappa shape index (κ2) is 4.12. The van der Waals surface area contributed by atoms with Crippen LogP contribution in [0.5, 0.6) is 0 Å². The first-order valence-corrected chi connectivity index (χ1v) is 5.21. The fourth-order valence-electron chi connectivity index (χ4n) is 1.56. The molecular formula is C9H9Cl2FN2O. The van der Waals surface area contributed by atoms with Gasteiger partial charge < -0.3 is 10.0 Å². The van der Waals surface area contributed by atoms with Crippen LogP contribution in [0.4, 0.5) is 10.2 Å². The summed E-state index contributed by atoms with van der Waals surface area (Å²) in [5.74, 6) is 0.459. The normalized spacial score (nSPS) is 26.0. The molecule has 0 radical (unpaired) electrons. The number of aliphatic hydroxyl groups excluding tert-OH is 1. The van der Waals surface area contributed by atoms with Crippen molar-refractivity contribution in [1.29, 1.82) is 0 Å². The summed E-state index contributed by atoms with van der Waals surface area (Å²) in [6, 6.07) is 1.55. The standard InChI is InChI=1S/C9H9Cl2FN2O/c10-5-1-6(11)9(13-2-5)14-3-7(12)8(15)4-14/h1-2,7-8,15H,3-4H2/t7-,8-/m1/s1. The van der Waals surface area contributed by atoms with E-state index >= 15 is 0 Å². The fourth-order valence-corrected chi connectivity index (χ4v) is 2.06. The summed E-state index contributed by atoms with van der Waals surface area (Å²) in [5, 5.41) is 10.1. The Labute approximate surface area is 96.4 Å². The second-order valence-corrected chi connectivity index (χ2v) is 4.29. The largest absolute Gasteiger partial charge is 0.388 e. The van der Waals surface area contributed by atoms with Gasteiger partial charge in [-0.15, -0.1) is 0 Å². The first-order valence-electron chi connectivity index (χ1n) is 4.46. The zero-order valence-corrected chi connectivity index (χ0v) is 9.21. The van der Waals surface area contributed by atoms with Crippen molar-refractivity contribution in [1.82, 2.24) is 4.98 Å². The molecule has 1 aromatic rings. The van der Waals surface area contributed by atoms with Gasteiger partial charge in [0.1, 0.15) is 18.1 Å². The van der Waals surface area contributed by atoms with Crippen LogP contribution in [0.1, 0.15) is 0 Å². The average molecular weight is 251 g/mol. The minimum absolute atomic E-state index is 0.107. The molecule has 0 amide bonds. The summed E-state index contributed by atoms with van der Waals surface area (Å²) < 4.78 is 13.1. The van der Waals surface area contributed by atoms with E-state index in [9.17, 15) is 9.50 Å². The topological polar surface area (TPSA) is 36.4 Å². The number of aromatic nitrogens is 1. The summed E-state index contributed by atoms with van der Waals surface area (Å²) in [7, 11) is 0. The van der Waals surface area contributed by atoms with Crippen molar-refractivity contribution in [3.8, 4) is 0 Å². The van der Waals surface area contributed by atoms with Crippen LogP contribution >= 0.6 is 23.2 Å². The van der Waals surface area contributed by atoms with Crippen molar-refractivity contribution in [2.24, 2.45) is 0 Å². The van der Waals surface area contributed by atoms with E-state index in [4.69, 9.17) is 23.2 Å². The Kier molecular flexibility index (Phi) is 3.00. The molecule has 1 N–H and O–H groups in total. The smallest absolute Gasteiger partial charge is 0.147 e. The van der Waals surface area contributed by atoms with Crippen LogP contribution in [0, 0.1) is 0 Å². The van der Waals surface area contributed by atoms with Crippen LogP contribution in [0.3, 0.4) is 0 Å². The molecule has 2 atom stereocenters. The SMILES string of the molecule is O[C@@H]1CN(c2ncc(Cl)cc2Cl)C[C@H]1F. The summed E-state index contributed by atoms with van der Waals surface area (Å²) in [6.45, 7) is 0.311. The molecule has 2 heterocycles. The number of aliphatic hydroxyl groups is 1. The van der Waals surface area contributed by atoms with Crippen molar-refractivity contribution in [3.63, 3.8) is 0 Å². The van der Waals surface area contributed by atoms with E-state index < -0.39 is 12.3 Å². The fraction of sp³-hybridized carbons (Fsp3) is 0.444. The van der Waals surface area contributed by atoms with Crippen molar-refractivity contribution >= 4 is 29.0 Å². The number of rotatable bonds is 1. The average Bonchev–Trinajstić information content (AvgIpc) is 2.46. The van der Waals surface area contributed by atoms with E-state index in [-0.39, 0.29) is 13.1 Å². The number of β-amino-alcohol motifs (C(OH)–C–C–N with tert-alkyl or cyclic N) is 1. The Morgan fingerprint density at radius 3 is 2.73 bits per heavy atom. The number of anilines is 1. The van der Waals surface area contributed by atoms with Gasteiger partial charge in [0.25, 0.3) is 0 Å². The number of nitrogens with zero attached hydrogens (tertiary/aromatic N) is 2. The molecule has 1 aliphatic rings. The number of hydrogen-bond donors (Lipinski definition) is 1. The highest BCUT2D eigenvalue weighted by atomic mass is 35.5. The highest BCUT2D eigenvalue weighted by Crippen LogP contribution is 2.29. The molecule has 1 aliphatic heterocycles. The lowest BCUT2D eigenvalue weighted by Gasteiger charge is -2.17. The number of hydrogen-bond acceptors (Lipinski definition) is 3. The minimum Gasteiger partial charge on any atom is -0.388 e. The summed E-state index contributed by atoms with van der Waals surface area (Å²) in [5.41, 5.74) is 0. The second-order valence-electron chi connectivity index (χ2n) is 3.45. The maximum atomic E-state index is 13.1. The Morgan fingerprint density at radius 2 is 2.20 bits per heavy atom. The lowest BCUT2D eigenvalue weighted by Crippen LogP contribution is -2.22. The lowest BCUT2D eigenvalue weighted by molar-refractivity contribution is 0.118. The minimum atomic E-state index is -1.25. The predicted molar refractivity (Wildman–Crippen MR) is 57.4 cm³/mol. The van der Waals surface area contributed by atoms with Gasteiger partial charge in [-0.2, -0.15) is 0 Å². The molecule has 1 fully saturated rings. The number of halogens is 3. The Bertz CT molecular complexity index is 367. The molecule has 0 unspecified atom stereocenters. The van der Waals surface area contributed by atoms with Crippen molar-refractivity contribution in [2.75, 3.05) is 18.0 Å².